The molecule has 0 aromatic heterocycles. The lowest BCUT2D eigenvalue weighted by atomic mass is 10.2. The van der Waals surface area contributed by atoms with Gasteiger partial charge in [0.1, 0.15) is 6.61 Å². The minimum absolute atomic E-state index is 0.121. The van der Waals surface area contributed by atoms with Crippen LogP contribution in [0.4, 0.5) is 0 Å². The Kier molecular flexibility index (Phi) is 7.07. The molecule has 0 fully saturated rings. The monoisotopic (exact) mass is 422 g/mol. The molecule has 0 saturated carbocycles. The third-order valence-corrected chi connectivity index (χ3v) is 5.67. The Morgan fingerprint density at radius 2 is 1.67 bits per heavy atom. The summed E-state index contributed by atoms with van der Waals surface area (Å²) in [5.41, 5.74) is 2.77. The van der Waals surface area contributed by atoms with E-state index in [4.69, 9.17) is 14.7 Å². The standard InChI is InChI=1S/C23H22N2O4S/c1-28-23-13-20(10-11-22(23)29-16-18-6-3-2-4-7-18)15-25-30(26,27)17-21-9-5-8-19(12-21)14-24/h2-13,25H,15-17H2,1H3. The van der Waals surface area contributed by atoms with Crippen molar-refractivity contribution in [1.82, 2.24) is 4.72 Å². The number of nitrogens with one attached hydrogen (secondary N) is 1. The lowest BCUT2D eigenvalue weighted by molar-refractivity contribution is 0.284. The van der Waals surface area contributed by atoms with Crippen molar-refractivity contribution in [3.8, 4) is 17.6 Å². The Bertz CT molecular complexity index is 1140. The highest BCUT2D eigenvalue weighted by atomic mass is 32.2. The minimum atomic E-state index is -3.57. The van der Waals surface area contributed by atoms with Crippen LogP contribution in [0.25, 0.3) is 0 Å². The molecular formula is C23H22N2O4S. The summed E-state index contributed by atoms with van der Waals surface area (Å²) < 4.78 is 38.6. The van der Waals surface area contributed by atoms with E-state index in [2.05, 4.69) is 4.72 Å². The lowest BCUT2D eigenvalue weighted by Gasteiger charge is -2.13. The molecule has 0 radical (unpaired) electrons. The first-order chi connectivity index (χ1) is 14.5. The maximum atomic E-state index is 12.4. The largest absolute Gasteiger partial charge is 0.493 e. The van der Waals surface area contributed by atoms with Gasteiger partial charge in [-0.25, -0.2) is 13.1 Å². The van der Waals surface area contributed by atoms with Crippen molar-refractivity contribution in [1.29, 1.82) is 5.26 Å². The Morgan fingerprint density at radius 1 is 0.900 bits per heavy atom. The van der Waals surface area contributed by atoms with Crippen LogP contribution in [0, 0.1) is 11.3 Å². The summed E-state index contributed by atoms with van der Waals surface area (Å²) >= 11 is 0. The van der Waals surface area contributed by atoms with Crippen molar-refractivity contribution in [2.45, 2.75) is 18.9 Å². The van der Waals surface area contributed by atoms with Crippen molar-refractivity contribution in [2.24, 2.45) is 0 Å². The highest BCUT2D eigenvalue weighted by Crippen LogP contribution is 2.29. The van der Waals surface area contributed by atoms with Crippen molar-refractivity contribution in [3.63, 3.8) is 0 Å². The number of ether oxygens (including phenoxy) is 2. The van der Waals surface area contributed by atoms with Gasteiger partial charge in [0.2, 0.25) is 10.0 Å². The fraction of sp³-hybridized carbons (Fsp3) is 0.174. The number of sulfonamides is 1. The number of hydrogen-bond acceptors (Lipinski definition) is 5. The first kappa shape index (κ1) is 21.4. The van der Waals surface area contributed by atoms with Crippen molar-refractivity contribution < 1.29 is 17.9 Å². The molecule has 1 N–H and O–H groups in total. The first-order valence-corrected chi connectivity index (χ1v) is 10.9. The van der Waals surface area contributed by atoms with Gasteiger partial charge in [0.25, 0.3) is 0 Å². The lowest BCUT2D eigenvalue weighted by Crippen LogP contribution is -2.24. The van der Waals surface area contributed by atoms with Gasteiger partial charge in [-0.15, -0.1) is 0 Å². The molecule has 6 nitrogen and oxygen atoms in total. The molecule has 0 aliphatic heterocycles. The van der Waals surface area contributed by atoms with Crippen molar-refractivity contribution >= 4 is 10.0 Å². The second kappa shape index (κ2) is 9.92. The number of methoxy groups -OCH3 is 1. The smallest absolute Gasteiger partial charge is 0.216 e. The Labute approximate surface area is 176 Å². The Hall–Kier alpha value is -3.34. The zero-order valence-corrected chi connectivity index (χ0v) is 17.4. The number of nitriles is 1. The number of hydrogen-bond donors (Lipinski definition) is 1. The van der Waals surface area contributed by atoms with E-state index >= 15 is 0 Å². The average molecular weight is 423 g/mol. The fourth-order valence-corrected chi connectivity index (χ4v) is 3.98. The molecule has 0 amide bonds. The van der Waals surface area contributed by atoms with Crippen molar-refractivity contribution in [3.05, 3.63) is 95.1 Å². The molecule has 3 aromatic rings. The molecule has 0 heterocycles. The highest BCUT2D eigenvalue weighted by molar-refractivity contribution is 7.88. The third kappa shape index (κ3) is 6.08. The summed E-state index contributed by atoms with van der Waals surface area (Å²) in [7, 11) is -2.02. The van der Waals surface area contributed by atoms with Crippen LogP contribution < -0.4 is 14.2 Å². The predicted octanol–water partition coefficient (Wildman–Crippen LogP) is 3.77. The van der Waals surface area contributed by atoms with Crippen LogP contribution in [0.15, 0.2) is 72.8 Å². The van der Waals surface area contributed by atoms with Crippen LogP contribution in [0.1, 0.15) is 22.3 Å². The summed E-state index contributed by atoms with van der Waals surface area (Å²) in [6, 6.07) is 23.7. The number of rotatable bonds is 9. The molecule has 0 aliphatic carbocycles. The fourth-order valence-electron chi connectivity index (χ4n) is 2.87. The molecule has 30 heavy (non-hydrogen) atoms. The second-order valence-corrected chi connectivity index (χ2v) is 8.46. The van der Waals surface area contributed by atoms with E-state index in [1.165, 1.54) is 0 Å². The van der Waals surface area contributed by atoms with Crippen LogP contribution in [-0.4, -0.2) is 15.5 Å². The average Bonchev–Trinajstić information content (AvgIpc) is 2.77. The van der Waals surface area contributed by atoms with E-state index in [1.807, 2.05) is 36.4 Å². The van der Waals surface area contributed by atoms with Crippen LogP contribution in [0.3, 0.4) is 0 Å². The molecule has 3 aromatic carbocycles. The van der Waals surface area contributed by atoms with Gasteiger partial charge in [-0.05, 0) is 41.0 Å². The topological polar surface area (TPSA) is 88.4 Å². The number of nitrogens with zero attached hydrogens (tertiary/aromatic N) is 1. The van der Waals surface area contributed by atoms with E-state index in [9.17, 15) is 8.42 Å². The summed E-state index contributed by atoms with van der Waals surface area (Å²) in [5.74, 6) is 0.920. The predicted molar refractivity (Wildman–Crippen MR) is 114 cm³/mol. The summed E-state index contributed by atoms with van der Waals surface area (Å²) in [6.45, 7) is 0.528. The van der Waals surface area contributed by atoms with E-state index in [1.54, 1.807) is 49.6 Å². The van der Waals surface area contributed by atoms with Crippen LogP contribution >= 0.6 is 0 Å². The molecule has 154 valence electrons. The summed E-state index contributed by atoms with van der Waals surface area (Å²) in [5, 5.41) is 8.95. The molecule has 0 saturated heterocycles. The maximum absolute atomic E-state index is 12.4. The number of benzene rings is 3. The molecule has 0 bridgehead atoms. The van der Waals surface area contributed by atoms with Gasteiger partial charge in [-0.1, -0.05) is 48.5 Å². The summed E-state index contributed by atoms with van der Waals surface area (Å²) in [6.07, 6.45) is 0. The van der Waals surface area contributed by atoms with Crippen LogP contribution in [-0.2, 0) is 28.9 Å². The molecule has 3 rings (SSSR count). The van der Waals surface area contributed by atoms with Crippen LogP contribution in [0.2, 0.25) is 0 Å². The van der Waals surface area contributed by atoms with E-state index in [0.717, 1.165) is 11.1 Å². The van der Waals surface area contributed by atoms with E-state index in [0.29, 0.717) is 29.2 Å². The van der Waals surface area contributed by atoms with Gasteiger partial charge < -0.3 is 9.47 Å². The van der Waals surface area contributed by atoms with Crippen molar-refractivity contribution in [2.75, 3.05) is 7.11 Å². The van der Waals surface area contributed by atoms with Gasteiger partial charge in [0.15, 0.2) is 11.5 Å². The molecule has 0 atom stereocenters. The van der Waals surface area contributed by atoms with Gasteiger partial charge in [-0.3, -0.25) is 0 Å². The highest BCUT2D eigenvalue weighted by Gasteiger charge is 2.13. The van der Waals surface area contributed by atoms with Crippen LogP contribution in [0.5, 0.6) is 11.5 Å². The molecule has 0 aliphatic rings. The van der Waals surface area contributed by atoms with E-state index < -0.39 is 10.0 Å². The molecule has 7 heteroatoms. The SMILES string of the molecule is COc1cc(CNS(=O)(=O)Cc2cccc(C#N)c2)ccc1OCc1ccccc1. The normalized spacial score (nSPS) is 10.9. The molecular weight excluding hydrogens is 400 g/mol. The zero-order valence-electron chi connectivity index (χ0n) is 16.5. The van der Waals surface area contributed by atoms with Gasteiger partial charge in [0.05, 0.1) is 24.5 Å². The van der Waals surface area contributed by atoms with Gasteiger partial charge >= 0.3 is 0 Å². The molecule has 0 unspecified atom stereocenters. The zero-order chi connectivity index (χ0) is 21.4. The maximum Gasteiger partial charge on any atom is 0.216 e. The molecule has 0 spiro atoms. The first-order valence-electron chi connectivity index (χ1n) is 9.29. The van der Waals surface area contributed by atoms with E-state index in [-0.39, 0.29) is 12.3 Å². The van der Waals surface area contributed by atoms with Gasteiger partial charge in [-0.2, -0.15) is 5.26 Å². The Balaban J connectivity index is 1.62. The minimum Gasteiger partial charge on any atom is -0.493 e. The van der Waals surface area contributed by atoms with Gasteiger partial charge in [0, 0.05) is 6.54 Å². The second-order valence-electron chi connectivity index (χ2n) is 6.65. The summed E-state index contributed by atoms with van der Waals surface area (Å²) in [4.78, 5) is 0. The Morgan fingerprint density at radius 3 is 2.40 bits per heavy atom. The quantitative estimate of drug-likeness (QED) is 0.567. The third-order valence-electron chi connectivity index (χ3n) is 4.37.